The predicted molar refractivity (Wildman–Crippen MR) is 116 cm³/mol. The number of alkyl halides is 3. The number of ether oxygens (including phenoxy) is 2. The number of nitrogens with zero attached hydrogens (tertiary/aromatic N) is 3. The van der Waals surface area contributed by atoms with Crippen molar-refractivity contribution in [3.05, 3.63) is 52.3 Å². The molecule has 5 atom stereocenters. The summed E-state index contributed by atoms with van der Waals surface area (Å²) in [4.78, 5) is 1.50. The van der Waals surface area contributed by atoms with Crippen LogP contribution in [0.3, 0.4) is 0 Å². The van der Waals surface area contributed by atoms with Gasteiger partial charge in [-0.25, -0.2) is 17.2 Å². The van der Waals surface area contributed by atoms with Gasteiger partial charge >= 0.3 is 6.18 Å². The number of hydrogen-bond acceptors (Lipinski definition) is 7. The van der Waals surface area contributed by atoms with Crippen LogP contribution >= 0.6 is 0 Å². The normalized spacial score (nSPS) is 29.6. The van der Waals surface area contributed by atoms with Crippen molar-refractivity contribution in [3.8, 4) is 0 Å². The van der Waals surface area contributed by atoms with Gasteiger partial charge in [0.2, 0.25) is 0 Å². The van der Waals surface area contributed by atoms with E-state index in [-0.39, 0.29) is 31.7 Å². The molecule has 0 radical (unpaired) electrons. The Balaban J connectivity index is 1.40. The number of hydrogen-bond donors (Lipinski definition) is 1. The molecule has 1 aromatic carbocycles. The minimum absolute atomic E-state index is 0.0180. The van der Waals surface area contributed by atoms with Gasteiger partial charge in [0.15, 0.2) is 6.10 Å². The lowest BCUT2D eigenvalue weighted by atomic mass is 9.89. The Hall–Kier alpha value is -2.13. The van der Waals surface area contributed by atoms with Crippen molar-refractivity contribution in [1.29, 1.82) is 0 Å². The van der Waals surface area contributed by atoms with Crippen LogP contribution in [0.2, 0.25) is 0 Å². The van der Waals surface area contributed by atoms with Crippen molar-refractivity contribution in [2.75, 3.05) is 13.2 Å². The number of halogens is 5. The van der Waals surface area contributed by atoms with Gasteiger partial charge in [0.05, 0.1) is 18.0 Å². The summed E-state index contributed by atoms with van der Waals surface area (Å²) in [6, 6.07) is 0.208. The van der Waals surface area contributed by atoms with E-state index in [0.717, 1.165) is 22.3 Å². The molecule has 2 fully saturated rings. The number of rotatable bonds is 4. The number of aromatic nitrogens is 2. The third kappa shape index (κ3) is 4.32. The van der Waals surface area contributed by atoms with Gasteiger partial charge in [0.1, 0.15) is 23.0 Å². The first-order chi connectivity index (χ1) is 16.9. The molecule has 198 valence electrons. The van der Waals surface area contributed by atoms with Crippen molar-refractivity contribution >= 4 is 10.0 Å². The Morgan fingerprint density at radius 3 is 2.58 bits per heavy atom. The highest BCUT2D eigenvalue weighted by atomic mass is 32.2. The summed E-state index contributed by atoms with van der Waals surface area (Å²) in [5.41, 5.74) is 7.00. The summed E-state index contributed by atoms with van der Waals surface area (Å²) in [5.74, 6) is -1.72. The Labute approximate surface area is 204 Å². The van der Waals surface area contributed by atoms with Crippen molar-refractivity contribution < 1.29 is 39.8 Å². The van der Waals surface area contributed by atoms with E-state index in [2.05, 4.69) is 5.10 Å². The first kappa shape index (κ1) is 25.5. The van der Waals surface area contributed by atoms with Crippen molar-refractivity contribution in [2.45, 2.75) is 68.6 Å². The van der Waals surface area contributed by atoms with Crippen LogP contribution in [0.1, 0.15) is 41.5 Å². The van der Waals surface area contributed by atoms with E-state index in [0.29, 0.717) is 30.0 Å². The van der Waals surface area contributed by atoms with Gasteiger partial charge in [-0.05, 0) is 38.0 Å². The Morgan fingerprint density at radius 2 is 1.94 bits per heavy atom. The van der Waals surface area contributed by atoms with E-state index in [1.165, 1.54) is 4.90 Å². The standard InChI is InChI=1S/C22H25F5N4O4S/c1-11-15-8-30(9-18(15)29-31(11)36(32,33)13-4-5-34-10-13)19-7-17(28)20(35-21(19)22(25,26)27)14-6-12(23)2-3-16(14)24/h2-3,6,13,17,19-21H,4-5,7-10,28H2,1H3/t13?,17-,19+,20+,21-/m0/s1. The SMILES string of the molecule is Cc1c2c(nn1S(=O)(=O)C1CCOC1)CN([C@@H]1C[C@H](N)[C@@H](c3cc(F)ccc3F)O[C@@H]1C(F)(F)F)C2. The van der Waals surface area contributed by atoms with Gasteiger partial charge < -0.3 is 15.2 Å². The smallest absolute Gasteiger partial charge is 0.380 e. The van der Waals surface area contributed by atoms with Gasteiger partial charge in [-0.1, -0.05) is 0 Å². The highest BCUT2D eigenvalue weighted by Crippen LogP contribution is 2.43. The van der Waals surface area contributed by atoms with Crippen LogP contribution in [-0.4, -0.2) is 65.3 Å². The van der Waals surface area contributed by atoms with Crippen LogP contribution in [0.15, 0.2) is 18.2 Å². The second-order valence-corrected chi connectivity index (χ2v) is 11.5. The molecule has 14 heteroatoms. The van der Waals surface area contributed by atoms with E-state index in [4.69, 9.17) is 15.2 Å². The third-order valence-corrected chi connectivity index (χ3v) is 9.20. The molecule has 2 N–H and O–H groups in total. The van der Waals surface area contributed by atoms with Crippen molar-refractivity contribution in [2.24, 2.45) is 5.73 Å². The van der Waals surface area contributed by atoms with Crippen LogP contribution in [0.4, 0.5) is 22.0 Å². The molecule has 0 saturated carbocycles. The zero-order valence-electron chi connectivity index (χ0n) is 19.2. The summed E-state index contributed by atoms with van der Waals surface area (Å²) in [6.07, 6.45) is -8.48. The van der Waals surface area contributed by atoms with E-state index in [9.17, 15) is 30.4 Å². The maximum Gasteiger partial charge on any atom is 0.416 e. The maximum atomic E-state index is 14.3. The van der Waals surface area contributed by atoms with E-state index in [1.807, 2.05) is 0 Å². The molecular formula is C22H25F5N4O4S. The summed E-state index contributed by atoms with van der Waals surface area (Å²) >= 11 is 0. The van der Waals surface area contributed by atoms with Gasteiger partial charge in [-0.3, -0.25) is 4.90 Å². The second kappa shape index (κ2) is 9.01. The van der Waals surface area contributed by atoms with Gasteiger partial charge in [-0.15, -0.1) is 0 Å². The molecule has 0 amide bonds. The largest absolute Gasteiger partial charge is 0.416 e. The molecule has 36 heavy (non-hydrogen) atoms. The molecule has 0 spiro atoms. The molecule has 2 aromatic rings. The van der Waals surface area contributed by atoms with Crippen LogP contribution < -0.4 is 5.73 Å². The fraction of sp³-hybridized carbons (Fsp3) is 0.591. The van der Waals surface area contributed by atoms with Crippen LogP contribution in [0.25, 0.3) is 0 Å². The number of nitrogens with two attached hydrogens (primary N) is 1. The average molecular weight is 537 g/mol. The van der Waals surface area contributed by atoms with E-state index >= 15 is 0 Å². The number of benzene rings is 1. The second-order valence-electron chi connectivity index (χ2n) is 9.44. The van der Waals surface area contributed by atoms with Crippen molar-refractivity contribution in [1.82, 2.24) is 14.1 Å². The first-order valence-electron chi connectivity index (χ1n) is 11.4. The summed E-state index contributed by atoms with van der Waals surface area (Å²) in [5, 5.41) is 3.50. The lowest BCUT2D eigenvalue weighted by Gasteiger charge is -2.44. The number of fused-ring (bicyclic) bond motifs is 1. The first-order valence-corrected chi connectivity index (χ1v) is 12.9. The molecule has 1 aromatic heterocycles. The molecule has 5 rings (SSSR count). The van der Waals surface area contributed by atoms with Crippen LogP contribution in [-0.2, 0) is 32.6 Å². The minimum atomic E-state index is -4.81. The molecule has 2 saturated heterocycles. The molecule has 4 heterocycles. The van der Waals surface area contributed by atoms with Gasteiger partial charge in [-0.2, -0.15) is 22.4 Å². The average Bonchev–Trinajstić information content (AvgIpc) is 3.53. The molecule has 0 aliphatic carbocycles. The topological polar surface area (TPSA) is 99.7 Å². The maximum absolute atomic E-state index is 14.3. The summed E-state index contributed by atoms with van der Waals surface area (Å²) in [6.45, 7) is 1.95. The molecule has 3 aliphatic rings. The highest BCUT2D eigenvalue weighted by Gasteiger charge is 2.54. The summed E-state index contributed by atoms with van der Waals surface area (Å²) in [7, 11) is -3.81. The van der Waals surface area contributed by atoms with Crippen molar-refractivity contribution in [3.63, 3.8) is 0 Å². The zero-order chi connectivity index (χ0) is 26.0. The van der Waals surface area contributed by atoms with Crippen LogP contribution in [0.5, 0.6) is 0 Å². The van der Waals surface area contributed by atoms with Crippen LogP contribution in [0, 0.1) is 18.6 Å². The van der Waals surface area contributed by atoms with Gasteiger partial charge in [0.25, 0.3) is 10.0 Å². The fourth-order valence-electron chi connectivity index (χ4n) is 5.27. The van der Waals surface area contributed by atoms with E-state index in [1.54, 1.807) is 6.92 Å². The molecule has 3 aliphatic heterocycles. The highest BCUT2D eigenvalue weighted by molar-refractivity contribution is 7.90. The lowest BCUT2D eigenvalue weighted by Crippen LogP contribution is -2.58. The Morgan fingerprint density at radius 1 is 1.19 bits per heavy atom. The Bertz CT molecular complexity index is 1260. The third-order valence-electron chi connectivity index (χ3n) is 7.15. The molecule has 1 unspecified atom stereocenters. The minimum Gasteiger partial charge on any atom is -0.380 e. The van der Waals surface area contributed by atoms with E-state index < -0.39 is 57.4 Å². The zero-order valence-corrected chi connectivity index (χ0v) is 20.0. The van der Waals surface area contributed by atoms with Gasteiger partial charge in [0, 0.05) is 42.9 Å². The quantitative estimate of drug-likeness (QED) is 0.600. The lowest BCUT2D eigenvalue weighted by molar-refractivity contribution is -0.269. The molecular weight excluding hydrogens is 511 g/mol. The fourth-order valence-corrected chi connectivity index (χ4v) is 6.92. The Kier molecular flexibility index (Phi) is 6.39. The predicted octanol–water partition coefficient (Wildman–Crippen LogP) is 2.54. The molecule has 0 bridgehead atoms. The molecule has 8 nitrogen and oxygen atoms in total. The monoisotopic (exact) mass is 536 g/mol. The summed E-state index contributed by atoms with van der Waals surface area (Å²) < 4.78 is 108.